The van der Waals surface area contributed by atoms with E-state index in [1.165, 1.54) is 0 Å². The number of ether oxygens (including phenoxy) is 1. The predicted octanol–water partition coefficient (Wildman–Crippen LogP) is 4.89. The maximum atomic E-state index is 13.2. The number of halogens is 8. The number of rotatable bonds is 7. The van der Waals surface area contributed by atoms with Crippen LogP contribution in [0.25, 0.3) is 5.57 Å². The first-order valence-corrected chi connectivity index (χ1v) is 8.51. The number of hydrogen-bond donors (Lipinski definition) is 0. The van der Waals surface area contributed by atoms with E-state index in [-0.39, 0.29) is 43.1 Å². The lowest BCUT2D eigenvalue weighted by atomic mass is 10.1. The van der Waals surface area contributed by atoms with Crippen molar-refractivity contribution in [3.05, 3.63) is 11.8 Å². The topological polar surface area (TPSA) is 38.3 Å². The quantitative estimate of drug-likeness (QED) is 0.354. The van der Waals surface area contributed by atoms with Gasteiger partial charge in [0.05, 0.1) is 18.3 Å². The summed E-state index contributed by atoms with van der Waals surface area (Å²) in [6, 6.07) is 0. The average molecular weight is 425 g/mol. The molecule has 0 spiro atoms. The summed E-state index contributed by atoms with van der Waals surface area (Å²) in [6.07, 6.45) is -11.4. The van der Waals surface area contributed by atoms with E-state index in [0.717, 1.165) is 0 Å². The maximum Gasteiger partial charge on any atom is 0.460 e. The van der Waals surface area contributed by atoms with Gasteiger partial charge in [0, 0.05) is 19.5 Å². The summed E-state index contributed by atoms with van der Waals surface area (Å²) < 4.78 is 114. The minimum atomic E-state index is -4.98. The molecule has 0 unspecified atom stereocenters. The maximum absolute atomic E-state index is 13.2. The molecular formula is C14H15F8N3OS. The van der Waals surface area contributed by atoms with E-state index in [9.17, 15) is 35.1 Å². The van der Waals surface area contributed by atoms with Crippen LogP contribution in [-0.2, 0) is 0 Å². The summed E-state index contributed by atoms with van der Waals surface area (Å²) in [5, 5.41) is 0. The molecule has 0 N–H and O–H groups in total. The second-order valence-electron chi connectivity index (χ2n) is 5.93. The molecule has 154 valence electrons. The zero-order valence-corrected chi connectivity index (χ0v) is 14.5. The first kappa shape index (κ1) is 21.8. The minimum Gasteiger partial charge on any atom is -0.475 e. The third-order valence-electron chi connectivity index (χ3n) is 3.66. The molecule has 0 atom stereocenters. The smallest absolute Gasteiger partial charge is 0.460 e. The average Bonchev–Trinajstić information content (AvgIpc) is 2.97. The Bertz CT molecular complexity index is 656. The molecule has 4 nitrogen and oxygen atoms in total. The van der Waals surface area contributed by atoms with Crippen LogP contribution in [0.3, 0.4) is 0 Å². The molecule has 27 heavy (non-hydrogen) atoms. The Kier molecular flexibility index (Phi) is 6.66. The second-order valence-corrected chi connectivity index (χ2v) is 6.45. The van der Waals surface area contributed by atoms with Crippen LogP contribution in [0.15, 0.2) is 6.08 Å². The summed E-state index contributed by atoms with van der Waals surface area (Å²) in [5.74, 6) is -4.03. The number of alkyl halides is 8. The van der Waals surface area contributed by atoms with Crippen molar-refractivity contribution in [2.24, 2.45) is 0 Å². The number of hydrogen-bond acceptors (Lipinski definition) is 5. The van der Waals surface area contributed by atoms with Crippen LogP contribution in [0, 0.1) is 0 Å². The van der Waals surface area contributed by atoms with E-state index < -0.39 is 37.8 Å². The van der Waals surface area contributed by atoms with Crippen molar-refractivity contribution in [3.63, 3.8) is 0 Å². The second kappa shape index (κ2) is 8.25. The van der Waals surface area contributed by atoms with Crippen LogP contribution in [-0.4, -0.2) is 51.7 Å². The highest BCUT2D eigenvalue weighted by atomic mass is 32.1. The van der Waals surface area contributed by atoms with Crippen LogP contribution < -0.4 is 4.74 Å². The lowest BCUT2D eigenvalue weighted by Crippen LogP contribution is -2.41. The molecule has 0 amide bonds. The Hall–Kier alpha value is -1.50. The van der Waals surface area contributed by atoms with Crippen LogP contribution >= 0.6 is 11.7 Å². The van der Waals surface area contributed by atoms with Gasteiger partial charge in [-0.05, 0) is 18.4 Å². The van der Waals surface area contributed by atoms with Gasteiger partial charge < -0.3 is 4.74 Å². The van der Waals surface area contributed by atoms with Gasteiger partial charge in [-0.3, -0.25) is 0 Å². The number of nitrogens with zero attached hydrogens (tertiary/aromatic N) is 3. The Labute approximate surface area is 153 Å². The summed E-state index contributed by atoms with van der Waals surface area (Å²) >= 11 is 0.678. The molecule has 1 aliphatic rings. The molecule has 0 bridgehead atoms. The van der Waals surface area contributed by atoms with Gasteiger partial charge in [0.15, 0.2) is 0 Å². The van der Waals surface area contributed by atoms with Gasteiger partial charge in [-0.25, -0.2) is 13.7 Å². The highest BCUT2D eigenvalue weighted by molar-refractivity contribution is 6.99. The summed E-state index contributed by atoms with van der Waals surface area (Å²) in [7, 11) is 0. The van der Waals surface area contributed by atoms with Gasteiger partial charge in [-0.15, -0.1) is 4.37 Å². The van der Waals surface area contributed by atoms with E-state index in [2.05, 4.69) is 8.75 Å². The summed E-state index contributed by atoms with van der Waals surface area (Å²) in [6.45, 7) is -1.01. The fourth-order valence-electron chi connectivity index (χ4n) is 2.48. The lowest BCUT2D eigenvalue weighted by molar-refractivity contribution is -0.241. The predicted molar refractivity (Wildman–Crippen MR) is 80.5 cm³/mol. The first-order valence-electron chi connectivity index (χ1n) is 7.78. The zero-order valence-electron chi connectivity index (χ0n) is 13.7. The third-order valence-corrected chi connectivity index (χ3v) is 4.17. The van der Waals surface area contributed by atoms with Gasteiger partial charge in [-0.1, -0.05) is 6.08 Å². The Morgan fingerprint density at radius 3 is 2.41 bits per heavy atom. The first-order chi connectivity index (χ1) is 12.4. The summed E-state index contributed by atoms with van der Waals surface area (Å²) in [5.41, 5.74) is 0.320. The van der Waals surface area contributed by atoms with E-state index in [4.69, 9.17) is 4.74 Å². The normalized spacial score (nSPS) is 17.1. The van der Waals surface area contributed by atoms with Gasteiger partial charge in [0.2, 0.25) is 0 Å². The van der Waals surface area contributed by atoms with E-state index in [1.54, 1.807) is 6.08 Å². The third kappa shape index (κ3) is 6.87. The molecule has 0 aliphatic carbocycles. The molecule has 0 fully saturated rings. The fourth-order valence-corrected chi connectivity index (χ4v) is 3.02. The fraction of sp³-hybridized carbons (Fsp3) is 0.714. The molecule has 2 heterocycles. The van der Waals surface area contributed by atoms with Gasteiger partial charge in [0.1, 0.15) is 12.1 Å². The van der Waals surface area contributed by atoms with Crippen LogP contribution in [0.5, 0.6) is 5.88 Å². The SMILES string of the molecule is FC(F)(F)CC(F)(F)CCCOc1nsnc1C1=CCCN(C(F)(F)F)C1. The van der Waals surface area contributed by atoms with Crippen molar-refractivity contribution in [1.82, 2.24) is 13.6 Å². The zero-order chi connectivity index (χ0) is 20.3. The Morgan fingerprint density at radius 2 is 1.78 bits per heavy atom. The van der Waals surface area contributed by atoms with Gasteiger partial charge in [0.25, 0.3) is 11.8 Å². The van der Waals surface area contributed by atoms with E-state index in [1.807, 2.05) is 0 Å². The van der Waals surface area contributed by atoms with E-state index in [0.29, 0.717) is 16.6 Å². The van der Waals surface area contributed by atoms with E-state index >= 15 is 0 Å². The number of aromatic nitrogens is 2. The van der Waals surface area contributed by atoms with Crippen molar-refractivity contribution in [1.29, 1.82) is 0 Å². The molecule has 1 aliphatic heterocycles. The van der Waals surface area contributed by atoms with Crippen LogP contribution in [0.2, 0.25) is 0 Å². The standard InChI is InChI=1S/C14H15F8N3OS/c15-12(16,8-13(17,18)19)4-2-6-26-11-10(23-27-24-11)9-3-1-5-25(7-9)14(20,21)22/h3H,1-2,4-8H2. The molecule has 1 aromatic heterocycles. The molecule has 1 aromatic rings. The van der Waals surface area contributed by atoms with Gasteiger partial charge >= 0.3 is 12.5 Å². The molecule has 13 heteroatoms. The highest BCUT2D eigenvalue weighted by Crippen LogP contribution is 2.35. The molecule has 0 saturated heterocycles. The Balaban J connectivity index is 1.90. The molecule has 0 radical (unpaired) electrons. The Morgan fingerprint density at radius 1 is 1.07 bits per heavy atom. The van der Waals surface area contributed by atoms with Gasteiger partial charge in [-0.2, -0.15) is 30.7 Å². The summed E-state index contributed by atoms with van der Waals surface area (Å²) in [4.78, 5) is 0.295. The minimum absolute atomic E-state index is 0.0796. The van der Waals surface area contributed by atoms with Crippen molar-refractivity contribution in [3.8, 4) is 5.88 Å². The largest absolute Gasteiger partial charge is 0.475 e. The van der Waals surface area contributed by atoms with Crippen molar-refractivity contribution in [2.75, 3.05) is 19.7 Å². The van der Waals surface area contributed by atoms with Crippen LogP contribution in [0.1, 0.15) is 31.4 Å². The van der Waals surface area contributed by atoms with Crippen molar-refractivity contribution < 1.29 is 39.9 Å². The van der Waals surface area contributed by atoms with Crippen LogP contribution in [0.4, 0.5) is 35.1 Å². The molecule has 0 saturated carbocycles. The van der Waals surface area contributed by atoms with Crippen molar-refractivity contribution >= 4 is 17.3 Å². The van der Waals surface area contributed by atoms with Crippen molar-refractivity contribution in [2.45, 2.75) is 44.1 Å². The monoisotopic (exact) mass is 425 g/mol. The molecule has 0 aromatic carbocycles. The highest BCUT2D eigenvalue weighted by Gasteiger charge is 2.43. The molecular weight excluding hydrogens is 410 g/mol. The molecule has 2 rings (SSSR count). The lowest BCUT2D eigenvalue weighted by Gasteiger charge is -2.28.